The fourth-order valence-corrected chi connectivity index (χ4v) is 1.67. The van der Waals surface area contributed by atoms with Crippen molar-refractivity contribution in [2.75, 3.05) is 26.3 Å². The standard InChI is InChI=1S/C13H21NO4/c1-11(2)12(15)17-9-6-10-18-13(16)14-7-4-3-5-8-14/h1,3-10H2,2H3. The van der Waals surface area contributed by atoms with E-state index in [9.17, 15) is 9.59 Å². The van der Waals surface area contributed by atoms with E-state index in [0.29, 0.717) is 12.0 Å². The second kappa shape index (κ2) is 7.74. The summed E-state index contributed by atoms with van der Waals surface area (Å²) in [4.78, 5) is 24.4. The normalized spacial score (nSPS) is 15.1. The van der Waals surface area contributed by atoms with Crippen LogP contribution in [0.15, 0.2) is 12.2 Å². The Bertz CT molecular complexity index is 308. The van der Waals surface area contributed by atoms with Crippen LogP contribution in [0, 0.1) is 0 Å². The van der Waals surface area contributed by atoms with Gasteiger partial charge >= 0.3 is 12.1 Å². The van der Waals surface area contributed by atoms with Gasteiger partial charge in [0.1, 0.15) is 0 Å². The van der Waals surface area contributed by atoms with Gasteiger partial charge in [0.15, 0.2) is 0 Å². The number of rotatable bonds is 5. The molecule has 0 aromatic rings. The summed E-state index contributed by atoms with van der Waals surface area (Å²) in [6.45, 7) is 7.16. The van der Waals surface area contributed by atoms with Crippen molar-refractivity contribution in [2.24, 2.45) is 0 Å². The van der Waals surface area contributed by atoms with Crippen molar-refractivity contribution in [2.45, 2.75) is 32.6 Å². The maximum Gasteiger partial charge on any atom is 0.409 e. The largest absolute Gasteiger partial charge is 0.462 e. The van der Waals surface area contributed by atoms with Crippen LogP contribution in [0.1, 0.15) is 32.6 Å². The first-order valence-electron chi connectivity index (χ1n) is 6.35. The molecular weight excluding hydrogens is 234 g/mol. The summed E-state index contributed by atoms with van der Waals surface area (Å²) >= 11 is 0. The number of hydrogen-bond donors (Lipinski definition) is 0. The molecule has 0 aromatic heterocycles. The first kappa shape index (κ1) is 14.5. The summed E-state index contributed by atoms with van der Waals surface area (Å²) in [6, 6.07) is 0. The van der Waals surface area contributed by atoms with Crippen LogP contribution in [0.25, 0.3) is 0 Å². The van der Waals surface area contributed by atoms with Gasteiger partial charge in [-0.3, -0.25) is 0 Å². The second-order valence-corrected chi connectivity index (χ2v) is 4.43. The minimum Gasteiger partial charge on any atom is -0.462 e. The van der Waals surface area contributed by atoms with Crippen molar-refractivity contribution < 1.29 is 19.1 Å². The zero-order chi connectivity index (χ0) is 13.4. The average molecular weight is 255 g/mol. The monoisotopic (exact) mass is 255 g/mol. The van der Waals surface area contributed by atoms with Crippen LogP contribution in [-0.4, -0.2) is 43.3 Å². The molecule has 0 bridgehead atoms. The molecule has 1 fully saturated rings. The molecule has 1 aliphatic heterocycles. The maximum atomic E-state index is 11.6. The molecule has 1 rings (SSSR count). The van der Waals surface area contributed by atoms with Crippen molar-refractivity contribution >= 4 is 12.1 Å². The Morgan fingerprint density at radius 1 is 1.11 bits per heavy atom. The predicted molar refractivity (Wildman–Crippen MR) is 67.2 cm³/mol. The number of esters is 1. The molecule has 1 saturated heterocycles. The lowest BCUT2D eigenvalue weighted by Gasteiger charge is -2.25. The van der Waals surface area contributed by atoms with Gasteiger partial charge in [0, 0.05) is 25.1 Å². The number of carbonyl (C=O) groups is 2. The molecular formula is C13H21NO4. The molecule has 0 aromatic carbocycles. The van der Waals surface area contributed by atoms with Gasteiger partial charge in [0.25, 0.3) is 0 Å². The number of nitrogens with zero attached hydrogens (tertiary/aromatic N) is 1. The fraction of sp³-hybridized carbons (Fsp3) is 0.692. The predicted octanol–water partition coefficient (Wildman–Crippen LogP) is 2.12. The minimum atomic E-state index is -0.405. The zero-order valence-corrected chi connectivity index (χ0v) is 10.9. The van der Waals surface area contributed by atoms with Crippen LogP contribution in [0.2, 0.25) is 0 Å². The Labute approximate surface area is 108 Å². The van der Waals surface area contributed by atoms with E-state index < -0.39 is 5.97 Å². The van der Waals surface area contributed by atoms with Crippen molar-refractivity contribution in [3.8, 4) is 0 Å². The van der Waals surface area contributed by atoms with E-state index in [1.807, 2.05) is 0 Å². The lowest BCUT2D eigenvalue weighted by molar-refractivity contribution is -0.139. The van der Waals surface area contributed by atoms with Gasteiger partial charge in [-0.15, -0.1) is 0 Å². The molecule has 0 atom stereocenters. The van der Waals surface area contributed by atoms with Crippen LogP contribution in [-0.2, 0) is 14.3 Å². The van der Waals surface area contributed by atoms with E-state index in [4.69, 9.17) is 9.47 Å². The molecule has 1 aliphatic rings. The quantitative estimate of drug-likeness (QED) is 0.429. The van der Waals surface area contributed by atoms with Crippen LogP contribution >= 0.6 is 0 Å². The summed E-state index contributed by atoms with van der Waals surface area (Å²) in [7, 11) is 0. The van der Waals surface area contributed by atoms with Gasteiger partial charge < -0.3 is 14.4 Å². The highest BCUT2D eigenvalue weighted by Gasteiger charge is 2.17. The third-order valence-electron chi connectivity index (χ3n) is 2.71. The number of hydrogen-bond acceptors (Lipinski definition) is 4. The van der Waals surface area contributed by atoms with Gasteiger partial charge in [-0.05, 0) is 26.2 Å². The molecule has 0 spiro atoms. The summed E-state index contributed by atoms with van der Waals surface area (Å²) < 4.78 is 9.98. The van der Waals surface area contributed by atoms with Crippen LogP contribution in [0.5, 0.6) is 0 Å². The SMILES string of the molecule is C=C(C)C(=O)OCCCOC(=O)N1CCCCC1. The molecule has 102 valence electrons. The minimum absolute atomic E-state index is 0.249. The lowest BCUT2D eigenvalue weighted by Crippen LogP contribution is -2.36. The topological polar surface area (TPSA) is 55.8 Å². The van der Waals surface area contributed by atoms with Crippen LogP contribution in [0.3, 0.4) is 0 Å². The van der Waals surface area contributed by atoms with E-state index >= 15 is 0 Å². The molecule has 0 saturated carbocycles. The first-order chi connectivity index (χ1) is 8.61. The molecule has 5 nitrogen and oxygen atoms in total. The van der Waals surface area contributed by atoms with Gasteiger partial charge in [-0.1, -0.05) is 6.58 Å². The number of carbonyl (C=O) groups excluding carboxylic acids is 2. The molecule has 1 amide bonds. The third-order valence-corrected chi connectivity index (χ3v) is 2.71. The molecule has 0 radical (unpaired) electrons. The van der Waals surface area contributed by atoms with Crippen molar-refractivity contribution in [3.05, 3.63) is 12.2 Å². The first-order valence-corrected chi connectivity index (χ1v) is 6.35. The number of amides is 1. The molecule has 5 heteroatoms. The molecule has 0 aliphatic carbocycles. The average Bonchev–Trinajstić information content (AvgIpc) is 2.38. The van der Waals surface area contributed by atoms with Gasteiger partial charge in [-0.25, -0.2) is 9.59 Å². The number of likely N-dealkylation sites (tertiary alicyclic amines) is 1. The second-order valence-electron chi connectivity index (χ2n) is 4.43. The Kier molecular flexibility index (Phi) is 6.25. The zero-order valence-electron chi connectivity index (χ0n) is 10.9. The molecule has 18 heavy (non-hydrogen) atoms. The maximum absolute atomic E-state index is 11.6. The Morgan fingerprint density at radius 2 is 1.72 bits per heavy atom. The van der Waals surface area contributed by atoms with E-state index in [-0.39, 0.29) is 19.3 Å². The fourth-order valence-electron chi connectivity index (χ4n) is 1.67. The summed E-state index contributed by atoms with van der Waals surface area (Å²) in [5, 5.41) is 0. The number of piperidine rings is 1. The summed E-state index contributed by atoms with van der Waals surface area (Å²) in [5.41, 5.74) is 0.375. The van der Waals surface area contributed by atoms with Gasteiger partial charge in [0.05, 0.1) is 13.2 Å². The van der Waals surface area contributed by atoms with E-state index in [1.165, 1.54) is 6.42 Å². The van der Waals surface area contributed by atoms with Crippen LogP contribution in [0.4, 0.5) is 4.79 Å². The van der Waals surface area contributed by atoms with Crippen molar-refractivity contribution in [1.29, 1.82) is 0 Å². The highest BCUT2D eigenvalue weighted by atomic mass is 16.6. The molecule has 0 N–H and O–H groups in total. The van der Waals surface area contributed by atoms with E-state index in [0.717, 1.165) is 25.9 Å². The van der Waals surface area contributed by atoms with Crippen LogP contribution < -0.4 is 0 Å². The highest BCUT2D eigenvalue weighted by molar-refractivity contribution is 5.86. The van der Waals surface area contributed by atoms with E-state index in [2.05, 4.69) is 6.58 Å². The highest BCUT2D eigenvalue weighted by Crippen LogP contribution is 2.09. The summed E-state index contributed by atoms with van der Waals surface area (Å²) in [5.74, 6) is -0.405. The summed E-state index contributed by atoms with van der Waals surface area (Å²) in [6.07, 6.45) is 3.52. The molecule has 0 unspecified atom stereocenters. The third kappa shape index (κ3) is 5.21. The Hall–Kier alpha value is -1.52. The Morgan fingerprint density at radius 3 is 2.33 bits per heavy atom. The van der Waals surface area contributed by atoms with Gasteiger partial charge in [-0.2, -0.15) is 0 Å². The van der Waals surface area contributed by atoms with Gasteiger partial charge in [0.2, 0.25) is 0 Å². The van der Waals surface area contributed by atoms with Crippen molar-refractivity contribution in [3.63, 3.8) is 0 Å². The smallest absolute Gasteiger partial charge is 0.409 e. The van der Waals surface area contributed by atoms with Crippen molar-refractivity contribution in [1.82, 2.24) is 4.90 Å². The number of ether oxygens (including phenoxy) is 2. The molecule has 1 heterocycles. The van der Waals surface area contributed by atoms with E-state index in [1.54, 1.807) is 11.8 Å². The lowest BCUT2D eigenvalue weighted by atomic mass is 10.1. The Balaban J connectivity index is 2.05.